The van der Waals surface area contributed by atoms with Gasteiger partial charge in [-0.3, -0.25) is 20.2 Å². The zero-order chi connectivity index (χ0) is 20.0. The lowest BCUT2D eigenvalue weighted by atomic mass is 10.2. The number of non-ortho nitro benzene ring substituents is 1. The normalized spacial score (nSPS) is 10.4. The van der Waals surface area contributed by atoms with Crippen LogP contribution in [-0.2, 0) is 0 Å². The van der Waals surface area contributed by atoms with E-state index in [9.17, 15) is 14.9 Å². The number of carbonyl (C=O) groups is 1. The third kappa shape index (κ3) is 6.03. The van der Waals surface area contributed by atoms with Gasteiger partial charge in [-0.15, -0.1) is 0 Å². The molecule has 0 aliphatic carbocycles. The molecule has 0 spiro atoms. The van der Waals surface area contributed by atoms with Gasteiger partial charge in [0.15, 0.2) is 5.11 Å². The van der Waals surface area contributed by atoms with Crippen LogP contribution in [0.15, 0.2) is 42.5 Å². The van der Waals surface area contributed by atoms with Crippen LogP contribution in [0, 0.1) is 23.0 Å². The smallest absolute Gasteiger partial charge is 0.271 e. The van der Waals surface area contributed by atoms with Crippen molar-refractivity contribution < 1.29 is 14.5 Å². The second-order valence-corrected chi connectivity index (χ2v) is 6.81. The molecule has 0 aliphatic heterocycles. The highest BCUT2D eigenvalue weighted by molar-refractivity contribution is 7.80. The van der Waals surface area contributed by atoms with Gasteiger partial charge in [-0.1, -0.05) is 26.0 Å². The summed E-state index contributed by atoms with van der Waals surface area (Å²) in [6.07, 6.45) is 0. The van der Waals surface area contributed by atoms with Crippen LogP contribution in [0.4, 0.5) is 11.4 Å². The number of nitro groups is 1. The lowest BCUT2D eigenvalue weighted by molar-refractivity contribution is -0.384. The fourth-order valence-corrected chi connectivity index (χ4v) is 2.38. The third-order valence-electron chi connectivity index (χ3n) is 3.59. The van der Waals surface area contributed by atoms with Gasteiger partial charge >= 0.3 is 0 Å². The summed E-state index contributed by atoms with van der Waals surface area (Å²) in [6.45, 7) is 6.41. The number of carbonyl (C=O) groups excluding carboxylic acids is 1. The van der Waals surface area contributed by atoms with Crippen molar-refractivity contribution >= 4 is 34.6 Å². The summed E-state index contributed by atoms with van der Waals surface area (Å²) in [5.74, 6) is 0.577. The molecular formula is C19H21N3O4S. The number of rotatable bonds is 6. The zero-order valence-corrected chi connectivity index (χ0v) is 16.1. The molecule has 0 radical (unpaired) electrons. The minimum Gasteiger partial charge on any atom is -0.493 e. The Bertz CT molecular complexity index is 868. The zero-order valence-electron chi connectivity index (χ0n) is 15.3. The van der Waals surface area contributed by atoms with Gasteiger partial charge in [0.25, 0.3) is 11.6 Å². The fourth-order valence-electron chi connectivity index (χ4n) is 2.18. The van der Waals surface area contributed by atoms with E-state index in [1.807, 2.05) is 13.8 Å². The molecule has 0 fully saturated rings. The molecule has 0 bridgehead atoms. The number of anilines is 1. The van der Waals surface area contributed by atoms with E-state index in [4.69, 9.17) is 17.0 Å². The van der Waals surface area contributed by atoms with Gasteiger partial charge in [-0.2, -0.15) is 0 Å². The van der Waals surface area contributed by atoms with Crippen molar-refractivity contribution in [3.05, 3.63) is 63.7 Å². The van der Waals surface area contributed by atoms with Crippen molar-refractivity contribution in [3.63, 3.8) is 0 Å². The second kappa shape index (κ2) is 9.09. The molecule has 1 amide bonds. The number of amides is 1. The van der Waals surface area contributed by atoms with Crippen molar-refractivity contribution in [3.8, 4) is 5.75 Å². The molecule has 0 heterocycles. The van der Waals surface area contributed by atoms with Crippen molar-refractivity contribution in [2.75, 3.05) is 11.9 Å². The number of hydrogen-bond acceptors (Lipinski definition) is 5. The van der Waals surface area contributed by atoms with Crippen molar-refractivity contribution in [2.24, 2.45) is 5.92 Å². The van der Waals surface area contributed by atoms with Crippen molar-refractivity contribution in [1.29, 1.82) is 0 Å². The number of nitro benzene ring substituents is 1. The van der Waals surface area contributed by atoms with Gasteiger partial charge in [0.1, 0.15) is 5.75 Å². The maximum atomic E-state index is 12.4. The van der Waals surface area contributed by atoms with Crippen LogP contribution in [0.25, 0.3) is 0 Å². The van der Waals surface area contributed by atoms with E-state index in [1.165, 1.54) is 12.1 Å². The summed E-state index contributed by atoms with van der Waals surface area (Å²) in [5.41, 5.74) is 1.56. The van der Waals surface area contributed by atoms with Gasteiger partial charge in [0, 0.05) is 23.4 Å². The summed E-state index contributed by atoms with van der Waals surface area (Å²) >= 11 is 5.15. The van der Waals surface area contributed by atoms with Crippen LogP contribution in [-0.4, -0.2) is 22.5 Å². The number of aryl methyl sites for hydroxylation is 1. The maximum Gasteiger partial charge on any atom is 0.271 e. The Morgan fingerprint density at radius 2 is 2.00 bits per heavy atom. The summed E-state index contributed by atoms with van der Waals surface area (Å²) in [4.78, 5) is 22.8. The van der Waals surface area contributed by atoms with Gasteiger partial charge in [-0.05, 0) is 48.8 Å². The predicted octanol–water partition coefficient (Wildman–Crippen LogP) is 4.06. The monoisotopic (exact) mass is 387 g/mol. The Morgan fingerprint density at radius 1 is 1.26 bits per heavy atom. The molecule has 27 heavy (non-hydrogen) atoms. The maximum absolute atomic E-state index is 12.4. The lowest BCUT2D eigenvalue weighted by Gasteiger charge is -2.13. The van der Waals surface area contributed by atoms with Crippen LogP contribution in [0.1, 0.15) is 29.8 Å². The highest BCUT2D eigenvalue weighted by Gasteiger charge is 2.12. The number of benzene rings is 2. The first kappa shape index (κ1) is 20.3. The van der Waals surface area contributed by atoms with Gasteiger partial charge in [-0.25, -0.2) is 0 Å². The van der Waals surface area contributed by atoms with E-state index in [0.717, 1.165) is 5.56 Å². The SMILES string of the molecule is Cc1ccc([N+](=O)[O-])cc1NC(=S)NC(=O)c1cccc(OCC(C)C)c1. The van der Waals surface area contributed by atoms with Crippen LogP contribution in [0.3, 0.4) is 0 Å². The minimum absolute atomic E-state index is 0.0529. The molecule has 0 aliphatic rings. The van der Waals surface area contributed by atoms with Crippen LogP contribution in [0.2, 0.25) is 0 Å². The quantitative estimate of drug-likeness (QED) is 0.441. The van der Waals surface area contributed by atoms with E-state index >= 15 is 0 Å². The predicted molar refractivity (Wildman–Crippen MR) is 108 cm³/mol. The van der Waals surface area contributed by atoms with Crippen molar-refractivity contribution in [2.45, 2.75) is 20.8 Å². The van der Waals surface area contributed by atoms with E-state index < -0.39 is 10.8 Å². The van der Waals surface area contributed by atoms with E-state index in [-0.39, 0.29) is 10.8 Å². The average Bonchev–Trinajstić information content (AvgIpc) is 2.61. The molecule has 0 atom stereocenters. The fraction of sp³-hybridized carbons (Fsp3) is 0.263. The third-order valence-corrected chi connectivity index (χ3v) is 3.79. The molecule has 2 aromatic rings. The van der Waals surface area contributed by atoms with Crippen LogP contribution < -0.4 is 15.4 Å². The van der Waals surface area contributed by atoms with Gasteiger partial charge < -0.3 is 10.1 Å². The van der Waals surface area contributed by atoms with Crippen LogP contribution in [0.5, 0.6) is 5.75 Å². The molecular weight excluding hydrogens is 366 g/mol. The molecule has 0 saturated heterocycles. The highest BCUT2D eigenvalue weighted by atomic mass is 32.1. The molecule has 2 aromatic carbocycles. The molecule has 0 unspecified atom stereocenters. The molecule has 0 aromatic heterocycles. The Hall–Kier alpha value is -3.00. The second-order valence-electron chi connectivity index (χ2n) is 6.40. The first-order chi connectivity index (χ1) is 12.8. The molecule has 2 N–H and O–H groups in total. The number of nitrogens with one attached hydrogen (secondary N) is 2. The highest BCUT2D eigenvalue weighted by Crippen LogP contribution is 2.22. The molecule has 8 heteroatoms. The minimum atomic E-state index is -0.491. The molecule has 0 saturated carbocycles. The summed E-state index contributed by atoms with van der Waals surface area (Å²) in [7, 11) is 0. The van der Waals surface area contributed by atoms with Gasteiger partial charge in [0.2, 0.25) is 0 Å². The van der Waals surface area contributed by atoms with E-state index in [2.05, 4.69) is 10.6 Å². The average molecular weight is 387 g/mol. The largest absolute Gasteiger partial charge is 0.493 e. The van der Waals surface area contributed by atoms with Crippen LogP contribution >= 0.6 is 12.2 Å². The Labute approximate surface area is 162 Å². The molecule has 142 valence electrons. The number of thiocarbonyl (C=S) groups is 1. The standard InChI is InChI=1S/C19H21N3O4S/c1-12(2)11-26-16-6-4-5-14(9-16)18(23)21-19(27)20-17-10-15(22(24)25)8-7-13(17)3/h4-10,12H,11H2,1-3H3,(H2,20,21,23,27). The summed E-state index contributed by atoms with van der Waals surface area (Å²) in [5, 5.41) is 16.3. The first-order valence-corrected chi connectivity index (χ1v) is 8.77. The summed E-state index contributed by atoms with van der Waals surface area (Å²) < 4.78 is 5.62. The Morgan fingerprint density at radius 3 is 2.67 bits per heavy atom. The van der Waals surface area contributed by atoms with Gasteiger partial charge in [0.05, 0.1) is 11.5 Å². The number of ether oxygens (including phenoxy) is 1. The molecule has 7 nitrogen and oxygen atoms in total. The van der Waals surface area contributed by atoms with Crippen molar-refractivity contribution in [1.82, 2.24) is 5.32 Å². The number of hydrogen-bond donors (Lipinski definition) is 2. The molecule has 2 rings (SSSR count). The lowest BCUT2D eigenvalue weighted by Crippen LogP contribution is -2.34. The number of nitrogens with zero attached hydrogens (tertiary/aromatic N) is 1. The Balaban J connectivity index is 2.04. The summed E-state index contributed by atoms with van der Waals surface area (Å²) in [6, 6.07) is 11.2. The van der Waals surface area contributed by atoms with E-state index in [0.29, 0.717) is 29.5 Å². The van der Waals surface area contributed by atoms with E-state index in [1.54, 1.807) is 37.3 Å². The topological polar surface area (TPSA) is 93.5 Å². The first-order valence-electron chi connectivity index (χ1n) is 8.36. The Kier molecular flexibility index (Phi) is 6.84.